The number of ketones is 1. The predicted octanol–water partition coefficient (Wildman–Crippen LogP) is 1.49. The summed E-state index contributed by atoms with van der Waals surface area (Å²) >= 11 is 2.17. The second kappa shape index (κ2) is 4.97. The highest BCUT2D eigenvalue weighted by Crippen LogP contribution is 2.26. The first-order chi connectivity index (χ1) is 9.58. The van der Waals surface area contributed by atoms with Gasteiger partial charge in [0.2, 0.25) is 0 Å². The van der Waals surface area contributed by atoms with Gasteiger partial charge >= 0.3 is 0 Å². The van der Waals surface area contributed by atoms with E-state index in [2.05, 4.69) is 32.7 Å². The lowest BCUT2D eigenvalue weighted by Gasteiger charge is -2.12. The van der Waals surface area contributed by atoms with Crippen LogP contribution < -0.4 is 5.73 Å². The number of fused-ring (bicyclic) bond motifs is 1. The van der Waals surface area contributed by atoms with Gasteiger partial charge in [-0.15, -0.1) is 0 Å². The zero-order valence-corrected chi connectivity index (χ0v) is 12.6. The van der Waals surface area contributed by atoms with E-state index in [0.29, 0.717) is 24.2 Å². The van der Waals surface area contributed by atoms with Crippen molar-refractivity contribution < 1.29 is 9.59 Å². The second-order valence-electron chi connectivity index (χ2n) is 4.56. The molecule has 3 rings (SSSR count). The molecule has 0 saturated heterocycles. The number of Topliss-reactive ketones (excluding diaryl/α,β-unsaturated/α-hetero) is 1. The number of hydrogen-bond donors (Lipinski definition) is 1. The van der Waals surface area contributed by atoms with Crippen molar-refractivity contribution in [2.24, 2.45) is 5.73 Å². The molecule has 0 spiro atoms. The highest BCUT2D eigenvalue weighted by atomic mass is 127. The summed E-state index contributed by atoms with van der Waals surface area (Å²) in [5.41, 5.74) is 6.47. The first-order valence-corrected chi connectivity index (χ1v) is 7.22. The van der Waals surface area contributed by atoms with E-state index in [1.54, 1.807) is 10.9 Å². The Labute approximate surface area is 128 Å². The van der Waals surface area contributed by atoms with Crippen molar-refractivity contribution in [1.29, 1.82) is 0 Å². The molecule has 0 aliphatic heterocycles. The maximum absolute atomic E-state index is 12.0. The number of amides is 1. The largest absolute Gasteiger partial charge is 0.364 e. The van der Waals surface area contributed by atoms with Crippen molar-refractivity contribution in [1.82, 2.24) is 14.8 Å². The lowest BCUT2D eigenvalue weighted by molar-refractivity contribution is 0.0948. The molecule has 0 aromatic carbocycles. The van der Waals surface area contributed by atoms with Crippen molar-refractivity contribution in [2.45, 2.75) is 19.3 Å². The molecule has 2 heterocycles. The Kier molecular flexibility index (Phi) is 3.28. The number of aromatic nitrogens is 3. The summed E-state index contributed by atoms with van der Waals surface area (Å²) in [5.74, 6) is -0.159. The van der Waals surface area contributed by atoms with Crippen molar-refractivity contribution in [3.63, 3.8) is 0 Å². The molecule has 6 nitrogen and oxygen atoms in total. The summed E-state index contributed by atoms with van der Waals surface area (Å²) in [7, 11) is 0. The Balaban J connectivity index is 2.25. The summed E-state index contributed by atoms with van der Waals surface area (Å²) in [6, 6.07) is 3.71. The van der Waals surface area contributed by atoms with Crippen LogP contribution in [0, 0.1) is 3.57 Å². The molecule has 0 radical (unpaired) electrons. The monoisotopic (exact) mass is 382 g/mol. The number of carbonyl (C=O) groups excluding carboxylic acids is 2. The molecule has 0 bridgehead atoms. The Morgan fingerprint density at radius 3 is 2.90 bits per heavy atom. The summed E-state index contributed by atoms with van der Waals surface area (Å²) in [5, 5.41) is 4.21. The zero-order chi connectivity index (χ0) is 14.3. The standard InChI is InChI=1S/C13H11IN4O2/c14-7-4-5-16-10(6-7)18-8-2-1-3-9(19)11(8)12(17-18)13(15)20/h4-6H,1-3H2,(H2,15,20). The Morgan fingerprint density at radius 2 is 2.20 bits per heavy atom. The van der Waals surface area contributed by atoms with Gasteiger partial charge in [0.05, 0.1) is 11.3 Å². The number of primary amides is 1. The third-order valence-electron chi connectivity index (χ3n) is 3.24. The van der Waals surface area contributed by atoms with E-state index in [-0.39, 0.29) is 11.5 Å². The van der Waals surface area contributed by atoms with Gasteiger partial charge in [-0.3, -0.25) is 9.59 Å². The maximum atomic E-state index is 12.0. The van der Waals surface area contributed by atoms with Gasteiger partial charge in [-0.25, -0.2) is 9.67 Å². The Bertz CT molecular complexity index is 723. The molecule has 0 fully saturated rings. The average molecular weight is 382 g/mol. The van der Waals surface area contributed by atoms with Crippen LogP contribution in [-0.4, -0.2) is 26.5 Å². The van der Waals surface area contributed by atoms with E-state index in [9.17, 15) is 9.59 Å². The fourth-order valence-corrected chi connectivity index (χ4v) is 2.83. The molecule has 2 aromatic rings. The SMILES string of the molecule is NC(=O)c1nn(-c2cc(I)ccn2)c2c1C(=O)CCC2. The highest BCUT2D eigenvalue weighted by Gasteiger charge is 2.30. The molecule has 2 aromatic heterocycles. The fraction of sp³-hybridized carbons (Fsp3) is 0.231. The van der Waals surface area contributed by atoms with E-state index in [0.717, 1.165) is 15.7 Å². The number of pyridine rings is 1. The van der Waals surface area contributed by atoms with Crippen LogP contribution in [0.1, 0.15) is 39.4 Å². The van der Waals surface area contributed by atoms with Crippen LogP contribution in [0.5, 0.6) is 0 Å². The molecule has 0 atom stereocenters. The van der Waals surface area contributed by atoms with Gasteiger partial charge < -0.3 is 5.73 Å². The molecule has 1 amide bonds. The molecular weight excluding hydrogens is 371 g/mol. The minimum Gasteiger partial charge on any atom is -0.364 e. The van der Waals surface area contributed by atoms with E-state index < -0.39 is 5.91 Å². The summed E-state index contributed by atoms with van der Waals surface area (Å²) in [6.45, 7) is 0. The summed E-state index contributed by atoms with van der Waals surface area (Å²) < 4.78 is 2.56. The topological polar surface area (TPSA) is 90.9 Å². The van der Waals surface area contributed by atoms with Crippen molar-refractivity contribution in [3.8, 4) is 5.82 Å². The summed E-state index contributed by atoms with van der Waals surface area (Å²) in [6.07, 6.45) is 3.53. The van der Waals surface area contributed by atoms with E-state index >= 15 is 0 Å². The van der Waals surface area contributed by atoms with Gasteiger partial charge in [-0.05, 0) is 47.6 Å². The predicted molar refractivity (Wildman–Crippen MR) is 79.9 cm³/mol. The van der Waals surface area contributed by atoms with Crippen LogP contribution in [-0.2, 0) is 6.42 Å². The minimum atomic E-state index is -0.680. The number of rotatable bonds is 2. The number of carbonyl (C=O) groups is 2. The average Bonchev–Trinajstić information content (AvgIpc) is 2.80. The fourth-order valence-electron chi connectivity index (χ4n) is 2.39. The van der Waals surface area contributed by atoms with Crippen LogP contribution in [0.15, 0.2) is 18.3 Å². The Morgan fingerprint density at radius 1 is 1.40 bits per heavy atom. The van der Waals surface area contributed by atoms with Crippen LogP contribution in [0.4, 0.5) is 0 Å². The smallest absolute Gasteiger partial charge is 0.269 e. The molecule has 1 aliphatic carbocycles. The van der Waals surface area contributed by atoms with Crippen molar-refractivity contribution in [2.75, 3.05) is 0 Å². The van der Waals surface area contributed by atoms with Gasteiger partial charge in [-0.2, -0.15) is 5.10 Å². The normalized spacial score (nSPS) is 14.2. The quantitative estimate of drug-likeness (QED) is 0.797. The third kappa shape index (κ3) is 2.11. The van der Waals surface area contributed by atoms with Gasteiger partial charge in [0, 0.05) is 16.2 Å². The number of hydrogen-bond acceptors (Lipinski definition) is 4. The number of halogens is 1. The van der Waals surface area contributed by atoms with Crippen molar-refractivity contribution >= 4 is 34.3 Å². The molecule has 102 valence electrons. The molecule has 0 saturated carbocycles. The lowest BCUT2D eigenvalue weighted by Crippen LogP contribution is -2.18. The van der Waals surface area contributed by atoms with Crippen LogP contribution in [0.25, 0.3) is 5.82 Å². The molecular formula is C13H11IN4O2. The van der Waals surface area contributed by atoms with Gasteiger partial charge in [0.1, 0.15) is 0 Å². The minimum absolute atomic E-state index is 0.0466. The highest BCUT2D eigenvalue weighted by molar-refractivity contribution is 14.1. The van der Waals surface area contributed by atoms with Crippen LogP contribution in [0.2, 0.25) is 0 Å². The number of nitrogens with zero attached hydrogens (tertiary/aromatic N) is 3. The van der Waals surface area contributed by atoms with E-state index in [1.807, 2.05) is 12.1 Å². The Hall–Kier alpha value is -1.77. The lowest BCUT2D eigenvalue weighted by atomic mass is 9.94. The first-order valence-electron chi connectivity index (χ1n) is 6.14. The molecule has 1 aliphatic rings. The molecule has 0 unspecified atom stereocenters. The van der Waals surface area contributed by atoms with Gasteiger partial charge in [0.15, 0.2) is 17.3 Å². The maximum Gasteiger partial charge on any atom is 0.269 e. The van der Waals surface area contributed by atoms with E-state index in [1.165, 1.54) is 0 Å². The zero-order valence-electron chi connectivity index (χ0n) is 10.5. The van der Waals surface area contributed by atoms with Crippen LogP contribution >= 0.6 is 22.6 Å². The second-order valence-corrected chi connectivity index (χ2v) is 5.80. The van der Waals surface area contributed by atoms with Gasteiger partial charge in [-0.1, -0.05) is 0 Å². The first kappa shape index (κ1) is 13.2. The molecule has 20 heavy (non-hydrogen) atoms. The number of nitrogens with two attached hydrogens (primary N) is 1. The third-order valence-corrected chi connectivity index (χ3v) is 3.91. The van der Waals surface area contributed by atoms with Crippen LogP contribution in [0.3, 0.4) is 0 Å². The van der Waals surface area contributed by atoms with E-state index in [4.69, 9.17) is 5.73 Å². The van der Waals surface area contributed by atoms with Crippen molar-refractivity contribution in [3.05, 3.63) is 38.9 Å². The summed E-state index contributed by atoms with van der Waals surface area (Å²) in [4.78, 5) is 27.8. The molecule has 7 heteroatoms. The molecule has 2 N–H and O–H groups in total. The van der Waals surface area contributed by atoms with Gasteiger partial charge in [0.25, 0.3) is 5.91 Å².